The molecule has 0 amide bonds. The predicted molar refractivity (Wildman–Crippen MR) is 51.4 cm³/mol. The smallest absolute Gasteiger partial charge is 0.308 e. The van der Waals surface area contributed by atoms with Crippen LogP contribution < -0.4 is 0 Å². The van der Waals surface area contributed by atoms with Crippen LogP contribution in [0.3, 0.4) is 0 Å². The second-order valence-electron chi connectivity index (χ2n) is 3.71. The average molecular weight is 188 g/mol. The molecule has 0 fully saturated rings. The molecule has 0 radical (unpaired) electrons. The first kappa shape index (κ1) is 12.4. The fourth-order valence-electron chi connectivity index (χ4n) is 1.23. The van der Waals surface area contributed by atoms with Gasteiger partial charge in [0.15, 0.2) is 0 Å². The van der Waals surface area contributed by atoms with Crippen LogP contribution >= 0.6 is 0 Å². The lowest BCUT2D eigenvalue weighted by Crippen LogP contribution is -2.28. The van der Waals surface area contributed by atoms with Gasteiger partial charge in [-0.2, -0.15) is 0 Å². The molecule has 0 spiro atoms. The molecular weight excluding hydrogens is 168 g/mol. The van der Waals surface area contributed by atoms with E-state index in [1.54, 1.807) is 6.92 Å². The van der Waals surface area contributed by atoms with Crippen molar-refractivity contribution in [2.45, 2.75) is 51.6 Å². The van der Waals surface area contributed by atoms with Gasteiger partial charge in [-0.05, 0) is 13.3 Å². The van der Waals surface area contributed by atoms with E-state index in [0.29, 0.717) is 6.42 Å². The SMILES string of the molecule is CCCCCC(C)(O)CC(=O)OC. The molecule has 0 bridgehead atoms. The summed E-state index contributed by atoms with van der Waals surface area (Å²) in [5.41, 5.74) is -0.901. The molecule has 1 atom stereocenters. The molecule has 3 heteroatoms. The molecule has 0 aromatic heterocycles. The Hall–Kier alpha value is -0.570. The normalized spacial score (nSPS) is 15.1. The van der Waals surface area contributed by atoms with Crippen LogP contribution in [-0.4, -0.2) is 23.8 Å². The van der Waals surface area contributed by atoms with Crippen molar-refractivity contribution in [1.29, 1.82) is 0 Å². The van der Waals surface area contributed by atoms with Crippen LogP contribution in [-0.2, 0) is 9.53 Å². The Morgan fingerprint density at radius 3 is 2.54 bits per heavy atom. The molecule has 1 N–H and O–H groups in total. The number of hydrogen-bond acceptors (Lipinski definition) is 3. The van der Waals surface area contributed by atoms with Gasteiger partial charge in [0.25, 0.3) is 0 Å². The maximum atomic E-state index is 10.9. The summed E-state index contributed by atoms with van der Waals surface area (Å²) in [6.45, 7) is 3.79. The van der Waals surface area contributed by atoms with Gasteiger partial charge in [0, 0.05) is 0 Å². The van der Waals surface area contributed by atoms with Gasteiger partial charge in [0.2, 0.25) is 0 Å². The second kappa shape index (κ2) is 5.97. The van der Waals surface area contributed by atoms with Crippen LogP contribution in [0.15, 0.2) is 0 Å². The summed E-state index contributed by atoms with van der Waals surface area (Å²) < 4.78 is 4.49. The van der Waals surface area contributed by atoms with Crippen molar-refractivity contribution < 1.29 is 14.6 Å². The van der Waals surface area contributed by atoms with Crippen molar-refractivity contribution in [1.82, 2.24) is 0 Å². The second-order valence-corrected chi connectivity index (χ2v) is 3.71. The summed E-state index contributed by atoms with van der Waals surface area (Å²) in [6, 6.07) is 0. The molecule has 0 aliphatic rings. The summed E-state index contributed by atoms with van der Waals surface area (Å²) in [7, 11) is 1.34. The highest BCUT2D eigenvalue weighted by Crippen LogP contribution is 2.18. The minimum Gasteiger partial charge on any atom is -0.469 e. The third-order valence-electron chi connectivity index (χ3n) is 2.07. The number of esters is 1. The lowest BCUT2D eigenvalue weighted by molar-refractivity contribution is -0.145. The fraction of sp³-hybridized carbons (Fsp3) is 0.900. The van der Waals surface area contributed by atoms with E-state index in [1.165, 1.54) is 7.11 Å². The van der Waals surface area contributed by atoms with Crippen LogP contribution in [0.4, 0.5) is 0 Å². The van der Waals surface area contributed by atoms with Crippen molar-refractivity contribution in [3.63, 3.8) is 0 Å². The van der Waals surface area contributed by atoms with E-state index >= 15 is 0 Å². The highest BCUT2D eigenvalue weighted by atomic mass is 16.5. The maximum absolute atomic E-state index is 10.9. The molecular formula is C10H20O3. The Labute approximate surface area is 80.1 Å². The van der Waals surface area contributed by atoms with Crippen LogP contribution in [0.1, 0.15) is 46.0 Å². The summed E-state index contributed by atoms with van der Waals surface area (Å²) in [5, 5.41) is 9.74. The summed E-state index contributed by atoms with van der Waals surface area (Å²) >= 11 is 0. The molecule has 78 valence electrons. The highest BCUT2D eigenvalue weighted by molar-refractivity contribution is 5.70. The van der Waals surface area contributed by atoms with Gasteiger partial charge in [-0.3, -0.25) is 4.79 Å². The monoisotopic (exact) mass is 188 g/mol. The Bertz CT molecular complexity index is 152. The van der Waals surface area contributed by atoms with Gasteiger partial charge in [-0.15, -0.1) is 0 Å². The van der Waals surface area contributed by atoms with Crippen LogP contribution in [0.5, 0.6) is 0 Å². The van der Waals surface area contributed by atoms with Crippen molar-refractivity contribution >= 4 is 5.97 Å². The van der Waals surface area contributed by atoms with Crippen molar-refractivity contribution in [3.05, 3.63) is 0 Å². The zero-order valence-corrected chi connectivity index (χ0v) is 8.80. The minimum atomic E-state index is -0.901. The number of ether oxygens (including phenoxy) is 1. The predicted octanol–water partition coefficient (Wildman–Crippen LogP) is 1.88. The third kappa shape index (κ3) is 6.58. The van der Waals surface area contributed by atoms with Crippen LogP contribution in [0.25, 0.3) is 0 Å². The number of carbonyl (C=O) groups excluding carboxylic acids is 1. The van der Waals surface area contributed by atoms with Crippen LogP contribution in [0, 0.1) is 0 Å². The van der Waals surface area contributed by atoms with Crippen molar-refractivity contribution in [3.8, 4) is 0 Å². The van der Waals surface area contributed by atoms with E-state index < -0.39 is 5.60 Å². The quantitative estimate of drug-likeness (QED) is 0.511. The number of rotatable bonds is 6. The first-order valence-electron chi connectivity index (χ1n) is 4.81. The first-order chi connectivity index (χ1) is 6.02. The van der Waals surface area contributed by atoms with Gasteiger partial charge in [0.05, 0.1) is 19.1 Å². The van der Waals surface area contributed by atoms with E-state index in [0.717, 1.165) is 19.3 Å². The molecule has 1 unspecified atom stereocenters. The Morgan fingerprint density at radius 2 is 2.08 bits per heavy atom. The van der Waals surface area contributed by atoms with E-state index in [-0.39, 0.29) is 12.4 Å². The molecule has 3 nitrogen and oxygen atoms in total. The molecule has 0 aliphatic heterocycles. The number of carbonyl (C=O) groups is 1. The van der Waals surface area contributed by atoms with Gasteiger partial charge in [-0.1, -0.05) is 26.2 Å². The Morgan fingerprint density at radius 1 is 1.46 bits per heavy atom. The third-order valence-corrected chi connectivity index (χ3v) is 2.07. The van der Waals surface area contributed by atoms with E-state index in [9.17, 15) is 9.90 Å². The van der Waals surface area contributed by atoms with Crippen molar-refractivity contribution in [2.75, 3.05) is 7.11 Å². The minimum absolute atomic E-state index is 0.0905. The van der Waals surface area contributed by atoms with Gasteiger partial charge < -0.3 is 9.84 Å². The Kier molecular flexibility index (Phi) is 5.71. The zero-order chi connectivity index (χ0) is 10.3. The van der Waals surface area contributed by atoms with Crippen LogP contribution in [0.2, 0.25) is 0 Å². The van der Waals surface area contributed by atoms with E-state index in [2.05, 4.69) is 11.7 Å². The van der Waals surface area contributed by atoms with Crippen molar-refractivity contribution in [2.24, 2.45) is 0 Å². The maximum Gasteiger partial charge on any atom is 0.308 e. The van der Waals surface area contributed by atoms with E-state index in [4.69, 9.17) is 0 Å². The first-order valence-corrected chi connectivity index (χ1v) is 4.81. The number of aliphatic hydroxyl groups is 1. The number of unbranched alkanes of at least 4 members (excludes halogenated alkanes) is 2. The van der Waals surface area contributed by atoms with E-state index in [1.807, 2.05) is 0 Å². The topological polar surface area (TPSA) is 46.5 Å². The molecule has 0 aromatic rings. The highest BCUT2D eigenvalue weighted by Gasteiger charge is 2.23. The van der Waals surface area contributed by atoms with Gasteiger partial charge >= 0.3 is 5.97 Å². The number of hydrogen-bond donors (Lipinski definition) is 1. The largest absolute Gasteiger partial charge is 0.469 e. The molecule has 0 saturated carbocycles. The molecule has 0 aliphatic carbocycles. The average Bonchev–Trinajstić information content (AvgIpc) is 2.03. The summed E-state index contributed by atoms with van der Waals surface area (Å²) in [4.78, 5) is 10.9. The van der Waals surface area contributed by atoms with Gasteiger partial charge in [-0.25, -0.2) is 0 Å². The molecule has 0 rings (SSSR count). The molecule has 0 heterocycles. The standard InChI is InChI=1S/C10H20O3/c1-4-5-6-7-10(2,12)8-9(11)13-3/h12H,4-8H2,1-3H3. The molecule has 0 aromatic carbocycles. The molecule has 13 heavy (non-hydrogen) atoms. The zero-order valence-electron chi connectivity index (χ0n) is 8.80. The Balaban J connectivity index is 3.72. The molecule has 0 saturated heterocycles. The fourth-order valence-corrected chi connectivity index (χ4v) is 1.23. The number of methoxy groups -OCH3 is 1. The lowest BCUT2D eigenvalue weighted by Gasteiger charge is -2.21. The summed E-state index contributed by atoms with van der Waals surface area (Å²) in [6.07, 6.45) is 3.93. The lowest BCUT2D eigenvalue weighted by atomic mass is 9.95. The van der Waals surface area contributed by atoms with Gasteiger partial charge in [0.1, 0.15) is 0 Å². The summed E-state index contributed by atoms with van der Waals surface area (Å²) in [5.74, 6) is -0.346.